The van der Waals surface area contributed by atoms with Crippen LogP contribution in [0.5, 0.6) is 0 Å². The molecule has 0 bridgehead atoms. The Labute approximate surface area is 88.8 Å². The molecule has 0 saturated heterocycles. The van der Waals surface area contributed by atoms with Crippen LogP contribution in [-0.4, -0.2) is 17.6 Å². The summed E-state index contributed by atoms with van der Waals surface area (Å²) in [5.41, 5.74) is 0.860. The lowest BCUT2D eigenvalue weighted by Gasteiger charge is -1.91. The fourth-order valence-electron chi connectivity index (χ4n) is 0.860. The highest BCUT2D eigenvalue weighted by atomic mass is 16.5. The molecule has 0 aliphatic heterocycles. The largest absolute Gasteiger partial charge is 0.463 e. The third-order valence-corrected chi connectivity index (χ3v) is 1.49. The number of carbonyl (C=O) groups is 1. The van der Waals surface area contributed by atoms with Crippen LogP contribution in [0.2, 0.25) is 0 Å². The quantitative estimate of drug-likeness (QED) is 0.414. The van der Waals surface area contributed by atoms with E-state index in [1.54, 1.807) is 31.5 Å². The fraction of sp³-hybridized carbons (Fsp3) is 0.167. The monoisotopic (exact) mass is 201 g/mol. The summed E-state index contributed by atoms with van der Waals surface area (Å²) < 4.78 is 4.69. The summed E-state index contributed by atoms with van der Waals surface area (Å²) in [7, 11) is 0. The summed E-state index contributed by atoms with van der Waals surface area (Å²) in [6.45, 7) is 2.13. The first-order chi connectivity index (χ1) is 7.33. The molecule has 0 radical (unpaired) electrons. The highest BCUT2D eigenvalue weighted by Crippen LogP contribution is 1.91. The molecule has 1 aromatic rings. The maximum absolute atomic E-state index is 10.9. The van der Waals surface area contributed by atoms with Gasteiger partial charge < -0.3 is 4.74 Å². The van der Waals surface area contributed by atoms with Gasteiger partial charge in [0.05, 0.1) is 6.61 Å². The van der Waals surface area contributed by atoms with E-state index in [1.807, 2.05) is 0 Å². The third kappa shape index (κ3) is 4.63. The Bertz CT molecular complexity index is 399. The zero-order chi connectivity index (χ0) is 10.9. The number of rotatable bonds is 2. The van der Waals surface area contributed by atoms with Crippen molar-refractivity contribution >= 4 is 5.97 Å². The number of carbonyl (C=O) groups excluding carboxylic acids is 1. The molecule has 0 fully saturated rings. The summed E-state index contributed by atoms with van der Waals surface area (Å²) in [5, 5.41) is 0. The Hall–Kier alpha value is -2.08. The van der Waals surface area contributed by atoms with Crippen molar-refractivity contribution in [2.45, 2.75) is 6.92 Å². The Morgan fingerprint density at radius 1 is 1.53 bits per heavy atom. The summed E-state index contributed by atoms with van der Waals surface area (Å²) in [4.78, 5) is 14.7. The van der Waals surface area contributed by atoms with Crippen LogP contribution in [0, 0.1) is 11.8 Å². The molecule has 0 aromatic carbocycles. The van der Waals surface area contributed by atoms with Crippen LogP contribution >= 0.6 is 0 Å². The Kier molecular flexibility index (Phi) is 4.68. The lowest BCUT2D eigenvalue weighted by Crippen LogP contribution is -1.98. The molecule has 15 heavy (non-hydrogen) atoms. The number of ether oxygens (including phenoxy) is 1. The van der Waals surface area contributed by atoms with Crippen LogP contribution < -0.4 is 0 Å². The first-order valence-electron chi connectivity index (χ1n) is 4.58. The predicted molar refractivity (Wildman–Crippen MR) is 56.9 cm³/mol. The van der Waals surface area contributed by atoms with Crippen molar-refractivity contribution in [3.8, 4) is 11.8 Å². The second kappa shape index (κ2) is 6.39. The normalized spacial score (nSPS) is 9.40. The van der Waals surface area contributed by atoms with E-state index in [1.165, 1.54) is 12.2 Å². The molecule has 0 saturated carbocycles. The first kappa shape index (κ1) is 11.0. The molecule has 1 aromatic heterocycles. The fourth-order valence-corrected chi connectivity index (χ4v) is 0.860. The molecule has 76 valence electrons. The van der Waals surface area contributed by atoms with E-state index in [2.05, 4.69) is 16.8 Å². The number of nitrogens with zero attached hydrogens (tertiary/aromatic N) is 1. The molecule has 3 nitrogen and oxygen atoms in total. The minimum absolute atomic E-state index is 0.374. The number of hydrogen-bond donors (Lipinski definition) is 0. The lowest BCUT2D eigenvalue weighted by atomic mass is 10.3. The van der Waals surface area contributed by atoms with E-state index in [0.717, 1.165) is 5.56 Å². The molecule has 0 atom stereocenters. The molecule has 1 heterocycles. The second-order valence-electron chi connectivity index (χ2n) is 2.59. The summed E-state index contributed by atoms with van der Waals surface area (Å²) in [6.07, 6.45) is 6.11. The maximum atomic E-state index is 10.9. The molecule has 0 amide bonds. The van der Waals surface area contributed by atoms with Crippen LogP contribution in [0.1, 0.15) is 12.5 Å². The molecule has 0 aliphatic rings. The van der Waals surface area contributed by atoms with Crippen molar-refractivity contribution in [2.24, 2.45) is 0 Å². The van der Waals surface area contributed by atoms with E-state index in [-0.39, 0.29) is 5.97 Å². The van der Waals surface area contributed by atoms with Gasteiger partial charge in [-0.25, -0.2) is 4.79 Å². The zero-order valence-electron chi connectivity index (χ0n) is 8.43. The second-order valence-corrected chi connectivity index (χ2v) is 2.59. The van der Waals surface area contributed by atoms with Gasteiger partial charge in [-0.05, 0) is 25.1 Å². The smallest absolute Gasteiger partial charge is 0.331 e. The van der Waals surface area contributed by atoms with Crippen LogP contribution in [0.4, 0.5) is 0 Å². The van der Waals surface area contributed by atoms with Gasteiger partial charge in [-0.3, -0.25) is 4.98 Å². The SMILES string of the molecule is CCOC(=O)C=CC#Cc1ccncc1. The third-order valence-electron chi connectivity index (χ3n) is 1.49. The molecular weight excluding hydrogens is 190 g/mol. The molecule has 0 N–H and O–H groups in total. The number of aromatic nitrogens is 1. The maximum Gasteiger partial charge on any atom is 0.331 e. The van der Waals surface area contributed by atoms with E-state index in [4.69, 9.17) is 4.74 Å². The minimum Gasteiger partial charge on any atom is -0.463 e. The van der Waals surface area contributed by atoms with Crippen molar-refractivity contribution in [2.75, 3.05) is 6.61 Å². The highest BCUT2D eigenvalue weighted by molar-refractivity contribution is 5.82. The average molecular weight is 201 g/mol. The molecule has 0 unspecified atom stereocenters. The van der Waals surface area contributed by atoms with Crippen molar-refractivity contribution in [1.82, 2.24) is 4.98 Å². The van der Waals surface area contributed by atoms with Gasteiger partial charge in [0, 0.05) is 24.0 Å². The van der Waals surface area contributed by atoms with Crippen LogP contribution in [0.25, 0.3) is 0 Å². The van der Waals surface area contributed by atoms with Gasteiger partial charge in [-0.2, -0.15) is 0 Å². The average Bonchev–Trinajstić information content (AvgIpc) is 2.26. The van der Waals surface area contributed by atoms with E-state index >= 15 is 0 Å². The molecule has 0 aliphatic carbocycles. The number of pyridine rings is 1. The van der Waals surface area contributed by atoms with Gasteiger partial charge in [0.25, 0.3) is 0 Å². The molecule has 1 rings (SSSR count). The van der Waals surface area contributed by atoms with Crippen molar-refractivity contribution in [3.05, 3.63) is 42.2 Å². The summed E-state index contributed by atoms with van der Waals surface area (Å²) in [5.74, 6) is 5.22. The van der Waals surface area contributed by atoms with Gasteiger partial charge in [-0.15, -0.1) is 0 Å². The Morgan fingerprint density at radius 2 is 2.27 bits per heavy atom. The van der Waals surface area contributed by atoms with Crippen molar-refractivity contribution < 1.29 is 9.53 Å². The predicted octanol–water partition coefficient (Wildman–Crippen LogP) is 1.55. The van der Waals surface area contributed by atoms with Crippen LogP contribution in [0.3, 0.4) is 0 Å². The van der Waals surface area contributed by atoms with Crippen molar-refractivity contribution in [3.63, 3.8) is 0 Å². The van der Waals surface area contributed by atoms with Gasteiger partial charge >= 0.3 is 5.97 Å². The number of esters is 1. The van der Waals surface area contributed by atoms with E-state index in [9.17, 15) is 4.79 Å². The standard InChI is InChI=1S/C12H11NO2/c1-2-15-12(14)6-4-3-5-11-7-9-13-10-8-11/h4,6-10H,2H2,1H3. The topological polar surface area (TPSA) is 39.2 Å². The van der Waals surface area contributed by atoms with Gasteiger partial charge in [0.15, 0.2) is 0 Å². The Balaban J connectivity index is 2.50. The van der Waals surface area contributed by atoms with Gasteiger partial charge in [0.2, 0.25) is 0 Å². The molecule has 0 spiro atoms. The number of allylic oxidation sites excluding steroid dienone is 1. The van der Waals surface area contributed by atoms with E-state index < -0.39 is 0 Å². The zero-order valence-corrected chi connectivity index (χ0v) is 8.43. The summed E-state index contributed by atoms with van der Waals surface area (Å²) in [6, 6.07) is 3.59. The molecule has 3 heteroatoms. The lowest BCUT2D eigenvalue weighted by molar-refractivity contribution is -0.137. The summed E-state index contributed by atoms with van der Waals surface area (Å²) >= 11 is 0. The number of hydrogen-bond acceptors (Lipinski definition) is 3. The van der Waals surface area contributed by atoms with Crippen molar-refractivity contribution in [1.29, 1.82) is 0 Å². The van der Waals surface area contributed by atoms with Gasteiger partial charge in [-0.1, -0.05) is 11.8 Å². The van der Waals surface area contributed by atoms with Gasteiger partial charge in [0.1, 0.15) is 0 Å². The molecular formula is C12H11NO2. The van der Waals surface area contributed by atoms with E-state index in [0.29, 0.717) is 6.61 Å². The van der Waals surface area contributed by atoms with Crippen LogP contribution in [0.15, 0.2) is 36.7 Å². The minimum atomic E-state index is -0.374. The van der Waals surface area contributed by atoms with Crippen LogP contribution in [-0.2, 0) is 9.53 Å². The Morgan fingerprint density at radius 3 is 2.93 bits per heavy atom. The first-order valence-corrected chi connectivity index (χ1v) is 4.58. The highest BCUT2D eigenvalue weighted by Gasteiger charge is 1.89.